The summed E-state index contributed by atoms with van der Waals surface area (Å²) in [4.78, 5) is 22.7. The Bertz CT molecular complexity index is 452. The summed E-state index contributed by atoms with van der Waals surface area (Å²) in [6, 6.07) is 6.34. The lowest BCUT2D eigenvalue weighted by molar-refractivity contribution is -0.147. The van der Waals surface area contributed by atoms with Crippen LogP contribution in [0, 0.1) is 0 Å². The van der Waals surface area contributed by atoms with E-state index in [1.807, 2.05) is 0 Å². The number of esters is 1. The Morgan fingerprint density at radius 2 is 1.75 bits per heavy atom. The Balaban J connectivity index is 2.69. The average Bonchev–Trinajstić information content (AvgIpc) is 2.46. The van der Waals surface area contributed by atoms with Crippen LogP contribution < -0.4 is 0 Å². The van der Waals surface area contributed by atoms with E-state index < -0.39 is 18.2 Å². The third kappa shape index (κ3) is 4.43. The second-order valence-corrected chi connectivity index (χ2v) is 4.42. The molecule has 2 unspecified atom stereocenters. The lowest BCUT2D eigenvalue weighted by atomic mass is 9.99. The number of carbonyl (C=O) groups is 2. The largest absolute Gasteiger partial charge is 0.466 e. The Labute approximate surface area is 118 Å². The fourth-order valence-electron chi connectivity index (χ4n) is 1.79. The fraction of sp³-hybridized carbons (Fsp3) is 0.467. The van der Waals surface area contributed by atoms with E-state index in [1.54, 1.807) is 38.1 Å². The van der Waals surface area contributed by atoms with Gasteiger partial charge >= 0.3 is 5.97 Å². The first-order chi connectivity index (χ1) is 9.49. The van der Waals surface area contributed by atoms with Crippen LogP contribution in [0.1, 0.15) is 48.7 Å². The highest BCUT2D eigenvalue weighted by Crippen LogP contribution is 2.20. The zero-order valence-corrected chi connectivity index (χ0v) is 11.7. The highest BCUT2D eigenvalue weighted by atomic mass is 16.5. The standard InChI is InChI=1S/C15H20O5/c1-3-12(16)10-5-7-11(8-6-10)15(19)13(17)9-14(18)20-4-2/h5-8,13,15,17,19H,3-4,9H2,1-2H3. The van der Waals surface area contributed by atoms with Crippen LogP contribution in [0.4, 0.5) is 0 Å². The predicted molar refractivity (Wildman–Crippen MR) is 73.3 cm³/mol. The highest BCUT2D eigenvalue weighted by Gasteiger charge is 2.22. The minimum atomic E-state index is -1.23. The summed E-state index contributed by atoms with van der Waals surface area (Å²) < 4.78 is 4.71. The molecule has 0 fully saturated rings. The molecule has 0 spiro atoms. The van der Waals surface area contributed by atoms with Crippen LogP contribution in [0.15, 0.2) is 24.3 Å². The second kappa shape index (κ2) is 7.77. The lowest BCUT2D eigenvalue weighted by Gasteiger charge is -2.17. The summed E-state index contributed by atoms with van der Waals surface area (Å²) in [6.45, 7) is 3.67. The van der Waals surface area contributed by atoms with E-state index in [2.05, 4.69) is 0 Å². The van der Waals surface area contributed by atoms with E-state index in [9.17, 15) is 19.8 Å². The number of aliphatic hydroxyl groups excluding tert-OH is 2. The van der Waals surface area contributed by atoms with Crippen molar-refractivity contribution in [3.63, 3.8) is 0 Å². The first-order valence-electron chi connectivity index (χ1n) is 6.64. The highest BCUT2D eigenvalue weighted by molar-refractivity contribution is 5.95. The molecule has 2 atom stereocenters. The molecule has 0 saturated heterocycles. The smallest absolute Gasteiger partial charge is 0.308 e. The van der Waals surface area contributed by atoms with Gasteiger partial charge in [-0.2, -0.15) is 0 Å². The summed E-state index contributed by atoms with van der Waals surface area (Å²) in [5, 5.41) is 19.7. The van der Waals surface area contributed by atoms with E-state index in [-0.39, 0.29) is 18.8 Å². The second-order valence-electron chi connectivity index (χ2n) is 4.42. The Morgan fingerprint density at radius 1 is 1.15 bits per heavy atom. The summed E-state index contributed by atoms with van der Waals surface area (Å²) in [7, 11) is 0. The van der Waals surface area contributed by atoms with Crippen LogP contribution >= 0.6 is 0 Å². The topological polar surface area (TPSA) is 83.8 Å². The van der Waals surface area contributed by atoms with Gasteiger partial charge < -0.3 is 14.9 Å². The average molecular weight is 280 g/mol. The normalized spacial score (nSPS) is 13.6. The maximum Gasteiger partial charge on any atom is 0.308 e. The predicted octanol–water partition coefficient (Wildman–Crippen LogP) is 1.63. The third-order valence-corrected chi connectivity index (χ3v) is 2.94. The number of ketones is 1. The van der Waals surface area contributed by atoms with Gasteiger partial charge in [-0.05, 0) is 12.5 Å². The van der Waals surface area contributed by atoms with Gasteiger partial charge in [-0.3, -0.25) is 9.59 Å². The molecule has 1 aromatic carbocycles. The van der Waals surface area contributed by atoms with Gasteiger partial charge in [0.1, 0.15) is 6.10 Å². The van der Waals surface area contributed by atoms with Crippen molar-refractivity contribution in [2.75, 3.05) is 6.61 Å². The van der Waals surface area contributed by atoms with Crippen molar-refractivity contribution in [1.82, 2.24) is 0 Å². The number of hydrogen-bond acceptors (Lipinski definition) is 5. The van der Waals surface area contributed by atoms with E-state index in [1.165, 1.54) is 0 Å². The summed E-state index contributed by atoms with van der Waals surface area (Å²) in [6.07, 6.45) is -2.29. The maximum absolute atomic E-state index is 11.5. The molecule has 5 heteroatoms. The first-order valence-corrected chi connectivity index (χ1v) is 6.64. The number of carbonyl (C=O) groups excluding carboxylic acids is 2. The number of hydrogen-bond donors (Lipinski definition) is 2. The van der Waals surface area contributed by atoms with Gasteiger partial charge in [0.05, 0.1) is 19.1 Å². The van der Waals surface area contributed by atoms with Gasteiger partial charge in [0.2, 0.25) is 0 Å². The monoisotopic (exact) mass is 280 g/mol. The molecule has 0 heterocycles. The van der Waals surface area contributed by atoms with E-state index in [0.717, 1.165) is 0 Å². The molecular weight excluding hydrogens is 260 g/mol. The van der Waals surface area contributed by atoms with Gasteiger partial charge in [0, 0.05) is 12.0 Å². The van der Waals surface area contributed by atoms with Gasteiger partial charge in [-0.25, -0.2) is 0 Å². The van der Waals surface area contributed by atoms with Crippen molar-refractivity contribution in [3.8, 4) is 0 Å². The molecule has 0 saturated carbocycles. The molecule has 1 aromatic rings. The third-order valence-electron chi connectivity index (χ3n) is 2.94. The summed E-state index contributed by atoms with van der Waals surface area (Å²) in [5.41, 5.74) is 1.01. The Kier molecular flexibility index (Phi) is 6.35. The van der Waals surface area contributed by atoms with E-state index in [4.69, 9.17) is 4.74 Å². The maximum atomic E-state index is 11.5. The van der Waals surface area contributed by atoms with Crippen molar-refractivity contribution in [1.29, 1.82) is 0 Å². The molecule has 0 bridgehead atoms. The molecule has 5 nitrogen and oxygen atoms in total. The molecule has 0 radical (unpaired) electrons. The number of Topliss-reactive ketones (excluding diaryl/α,β-unsaturated/α-hetero) is 1. The molecule has 0 aliphatic heterocycles. The minimum Gasteiger partial charge on any atom is -0.466 e. The molecular formula is C15H20O5. The molecule has 110 valence electrons. The molecule has 2 N–H and O–H groups in total. The Morgan fingerprint density at radius 3 is 2.25 bits per heavy atom. The minimum absolute atomic E-state index is 0.0121. The van der Waals surface area contributed by atoms with Crippen molar-refractivity contribution < 1.29 is 24.5 Å². The van der Waals surface area contributed by atoms with Crippen molar-refractivity contribution in [2.24, 2.45) is 0 Å². The summed E-state index contributed by atoms with van der Waals surface area (Å²) >= 11 is 0. The van der Waals surface area contributed by atoms with Crippen LogP contribution in [-0.2, 0) is 9.53 Å². The van der Waals surface area contributed by atoms with Crippen LogP contribution in [-0.4, -0.2) is 34.7 Å². The first kappa shape index (κ1) is 16.3. The number of ether oxygens (including phenoxy) is 1. The van der Waals surface area contributed by atoms with Crippen molar-refractivity contribution in [2.45, 2.75) is 38.9 Å². The number of rotatable bonds is 7. The molecule has 20 heavy (non-hydrogen) atoms. The van der Waals surface area contributed by atoms with Gasteiger partial charge in [0.25, 0.3) is 0 Å². The van der Waals surface area contributed by atoms with Crippen LogP contribution in [0.5, 0.6) is 0 Å². The number of aliphatic hydroxyl groups is 2. The van der Waals surface area contributed by atoms with Crippen LogP contribution in [0.2, 0.25) is 0 Å². The van der Waals surface area contributed by atoms with Gasteiger partial charge in [-0.1, -0.05) is 31.2 Å². The Hall–Kier alpha value is -1.72. The van der Waals surface area contributed by atoms with Crippen molar-refractivity contribution in [3.05, 3.63) is 35.4 Å². The van der Waals surface area contributed by atoms with Gasteiger partial charge in [0.15, 0.2) is 5.78 Å². The van der Waals surface area contributed by atoms with E-state index in [0.29, 0.717) is 17.5 Å². The molecule has 1 rings (SSSR count). The molecule has 0 aliphatic carbocycles. The fourth-order valence-corrected chi connectivity index (χ4v) is 1.79. The van der Waals surface area contributed by atoms with Crippen LogP contribution in [0.25, 0.3) is 0 Å². The lowest BCUT2D eigenvalue weighted by Crippen LogP contribution is -2.23. The molecule has 0 aromatic heterocycles. The SMILES string of the molecule is CCOC(=O)CC(O)C(O)c1ccc(C(=O)CC)cc1. The summed E-state index contributed by atoms with van der Waals surface area (Å²) in [5.74, 6) is -0.546. The van der Waals surface area contributed by atoms with Crippen LogP contribution in [0.3, 0.4) is 0 Å². The van der Waals surface area contributed by atoms with E-state index >= 15 is 0 Å². The zero-order chi connectivity index (χ0) is 15.1. The van der Waals surface area contributed by atoms with Crippen molar-refractivity contribution >= 4 is 11.8 Å². The van der Waals surface area contributed by atoms with Gasteiger partial charge in [-0.15, -0.1) is 0 Å². The molecule has 0 aliphatic rings. The quantitative estimate of drug-likeness (QED) is 0.586. The zero-order valence-electron chi connectivity index (χ0n) is 11.7. The molecule has 0 amide bonds. The number of benzene rings is 1.